The molecule has 64 valence electrons. The van der Waals surface area contributed by atoms with E-state index in [9.17, 15) is 0 Å². The van der Waals surface area contributed by atoms with Gasteiger partial charge in [0.2, 0.25) is 0 Å². The van der Waals surface area contributed by atoms with E-state index >= 15 is 0 Å². The standard InChI is InChI=1S/C10H6ClNS/c1-6-2-3-7(5-12)8-4-9(11)13-10(6)8/h2-4H,1H3. The molecule has 0 saturated heterocycles. The summed E-state index contributed by atoms with van der Waals surface area (Å²) in [6, 6.07) is 7.80. The van der Waals surface area contributed by atoms with Crippen LogP contribution < -0.4 is 0 Å². The summed E-state index contributed by atoms with van der Waals surface area (Å²) in [4.78, 5) is 0. The number of aryl methyl sites for hydroxylation is 1. The molecule has 0 aliphatic carbocycles. The van der Waals surface area contributed by atoms with Crippen molar-refractivity contribution in [2.75, 3.05) is 0 Å². The third-order valence-corrected chi connectivity index (χ3v) is 3.37. The highest BCUT2D eigenvalue weighted by molar-refractivity contribution is 7.22. The first kappa shape index (κ1) is 8.55. The Balaban J connectivity index is 2.94. The van der Waals surface area contributed by atoms with Crippen molar-refractivity contribution in [1.82, 2.24) is 0 Å². The number of thiophene rings is 1. The van der Waals surface area contributed by atoms with E-state index in [0.29, 0.717) is 5.56 Å². The van der Waals surface area contributed by atoms with Crippen molar-refractivity contribution in [1.29, 1.82) is 5.26 Å². The van der Waals surface area contributed by atoms with Crippen molar-refractivity contribution in [3.8, 4) is 6.07 Å². The van der Waals surface area contributed by atoms with Crippen molar-refractivity contribution >= 4 is 33.0 Å². The Labute approximate surface area is 85.2 Å². The zero-order valence-electron chi connectivity index (χ0n) is 6.97. The van der Waals surface area contributed by atoms with E-state index in [0.717, 1.165) is 14.4 Å². The second kappa shape index (κ2) is 3.02. The molecule has 3 heteroatoms. The highest BCUT2D eigenvalue weighted by Gasteiger charge is 2.06. The summed E-state index contributed by atoms with van der Waals surface area (Å²) < 4.78 is 1.85. The number of rotatable bonds is 0. The number of hydrogen-bond acceptors (Lipinski definition) is 2. The van der Waals surface area contributed by atoms with Crippen molar-refractivity contribution in [2.45, 2.75) is 6.92 Å². The lowest BCUT2D eigenvalue weighted by Crippen LogP contribution is -1.77. The number of nitrogens with zero attached hydrogens (tertiary/aromatic N) is 1. The van der Waals surface area contributed by atoms with Gasteiger partial charge < -0.3 is 0 Å². The minimum Gasteiger partial charge on any atom is -0.192 e. The molecule has 0 amide bonds. The number of hydrogen-bond donors (Lipinski definition) is 0. The molecule has 0 atom stereocenters. The van der Waals surface area contributed by atoms with E-state index in [1.807, 2.05) is 25.1 Å². The van der Waals surface area contributed by atoms with E-state index in [-0.39, 0.29) is 0 Å². The van der Waals surface area contributed by atoms with Gasteiger partial charge in [-0.2, -0.15) is 5.26 Å². The number of benzene rings is 1. The summed E-state index contributed by atoms with van der Waals surface area (Å²) in [6.07, 6.45) is 0. The fourth-order valence-corrected chi connectivity index (χ4v) is 2.55. The molecule has 0 fully saturated rings. The third-order valence-electron chi connectivity index (χ3n) is 1.97. The smallest absolute Gasteiger partial charge is 0.0998 e. The number of nitriles is 1. The van der Waals surface area contributed by atoms with Crippen LogP contribution in [-0.2, 0) is 0 Å². The van der Waals surface area contributed by atoms with Crippen molar-refractivity contribution in [2.24, 2.45) is 0 Å². The van der Waals surface area contributed by atoms with E-state index in [1.165, 1.54) is 16.9 Å². The maximum atomic E-state index is 8.85. The molecule has 0 aliphatic heterocycles. The first-order valence-electron chi connectivity index (χ1n) is 3.81. The maximum Gasteiger partial charge on any atom is 0.0998 e. The minimum atomic E-state index is 0.698. The van der Waals surface area contributed by atoms with E-state index in [2.05, 4.69) is 6.07 Å². The molecule has 2 rings (SSSR count). The van der Waals surface area contributed by atoms with Gasteiger partial charge in [0, 0.05) is 10.1 Å². The van der Waals surface area contributed by atoms with Gasteiger partial charge in [0.05, 0.1) is 16.0 Å². The van der Waals surface area contributed by atoms with E-state index in [4.69, 9.17) is 16.9 Å². The molecule has 1 aromatic carbocycles. The summed E-state index contributed by atoms with van der Waals surface area (Å²) in [6.45, 7) is 2.02. The predicted octanol–water partition coefficient (Wildman–Crippen LogP) is 3.73. The zero-order valence-corrected chi connectivity index (χ0v) is 8.54. The summed E-state index contributed by atoms with van der Waals surface area (Å²) in [5, 5.41) is 9.82. The Kier molecular flexibility index (Phi) is 1.99. The summed E-state index contributed by atoms with van der Waals surface area (Å²) in [7, 11) is 0. The lowest BCUT2D eigenvalue weighted by atomic mass is 10.1. The van der Waals surface area contributed by atoms with Gasteiger partial charge in [-0.05, 0) is 24.6 Å². The second-order valence-electron chi connectivity index (χ2n) is 2.84. The molecule has 1 heterocycles. The molecule has 1 aromatic heterocycles. The second-order valence-corrected chi connectivity index (χ2v) is 4.52. The lowest BCUT2D eigenvalue weighted by Gasteiger charge is -1.95. The Morgan fingerprint density at radius 3 is 2.92 bits per heavy atom. The van der Waals surface area contributed by atoms with Gasteiger partial charge in [-0.1, -0.05) is 17.7 Å². The molecular formula is C10H6ClNS. The van der Waals surface area contributed by atoms with Crippen LogP contribution in [0, 0.1) is 18.3 Å². The lowest BCUT2D eigenvalue weighted by molar-refractivity contribution is 1.49. The Morgan fingerprint density at radius 2 is 2.23 bits per heavy atom. The zero-order chi connectivity index (χ0) is 9.42. The van der Waals surface area contributed by atoms with Crippen LogP contribution in [0.5, 0.6) is 0 Å². The Bertz CT molecular complexity index is 507. The van der Waals surface area contributed by atoms with Crippen LogP contribution in [0.2, 0.25) is 4.34 Å². The molecule has 1 nitrogen and oxygen atoms in total. The number of fused-ring (bicyclic) bond motifs is 1. The first-order chi connectivity index (χ1) is 6.22. The number of halogens is 1. The molecule has 0 spiro atoms. The van der Waals surface area contributed by atoms with Crippen LogP contribution in [0.4, 0.5) is 0 Å². The van der Waals surface area contributed by atoms with Gasteiger partial charge in [-0.15, -0.1) is 11.3 Å². The molecule has 0 N–H and O–H groups in total. The minimum absolute atomic E-state index is 0.698. The van der Waals surface area contributed by atoms with Gasteiger partial charge in [-0.25, -0.2) is 0 Å². The first-order valence-corrected chi connectivity index (χ1v) is 5.00. The third kappa shape index (κ3) is 1.31. The van der Waals surface area contributed by atoms with Crippen LogP contribution in [-0.4, -0.2) is 0 Å². The van der Waals surface area contributed by atoms with Crippen LogP contribution in [0.1, 0.15) is 11.1 Å². The highest BCUT2D eigenvalue weighted by Crippen LogP contribution is 2.33. The molecule has 2 aromatic rings. The predicted molar refractivity (Wildman–Crippen MR) is 56.3 cm³/mol. The van der Waals surface area contributed by atoms with Crippen LogP contribution in [0.3, 0.4) is 0 Å². The molecule has 0 radical (unpaired) electrons. The normalized spacial score (nSPS) is 10.2. The summed E-state index contributed by atoms with van der Waals surface area (Å²) >= 11 is 7.42. The molecule has 0 aliphatic rings. The molecule has 0 bridgehead atoms. The fraction of sp³-hybridized carbons (Fsp3) is 0.100. The average molecular weight is 208 g/mol. The van der Waals surface area contributed by atoms with Crippen molar-refractivity contribution in [3.05, 3.63) is 33.7 Å². The van der Waals surface area contributed by atoms with Crippen molar-refractivity contribution < 1.29 is 0 Å². The summed E-state index contributed by atoms with van der Waals surface area (Å²) in [5.41, 5.74) is 1.87. The quantitative estimate of drug-likeness (QED) is 0.646. The largest absolute Gasteiger partial charge is 0.192 e. The van der Waals surface area contributed by atoms with Gasteiger partial charge >= 0.3 is 0 Å². The van der Waals surface area contributed by atoms with Crippen LogP contribution in [0.25, 0.3) is 10.1 Å². The molecule has 13 heavy (non-hydrogen) atoms. The van der Waals surface area contributed by atoms with Gasteiger partial charge in [0.25, 0.3) is 0 Å². The van der Waals surface area contributed by atoms with Crippen molar-refractivity contribution in [3.63, 3.8) is 0 Å². The maximum absolute atomic E-state index is 8.85. The fourth-order valence-electron chi connectivity index (χ4n) is 1.33. The van der Waals surface area contributed by atoms with Gasteiger partial charge in [0.15, 0.2) is 0 Å². The molecular weight excluding hydrogens is 202 g/mol. The molecule has 0 saturated carbocycles. The Hall–Kier alpha value is -1.04. The van der Waals surface area contributed by atoms with E-state index < -0.39 is 0 Å². The van der Waals surface area contributed by atoms with Gasteiger partial charge in [0.1, 0.15) is 0 Å². The monoisotopic (exact) mass is 207 g/mol. The summed E-state index contributed by atoms with van der Waals surface area (Å²) in [5.74, 6) is 0. The average Bonchev–Trinajstić information content (AvgIpc) is 2.48. The molecule has 0 unspecified atom stereocenters. The van der Waals surface area contributed by atoms with E-state index in [1.54, 1.807) is 0 Å². The SMILES string of the molecule is Cc1ccc(C#N)c2cc(Cl)sc12. The van der Waals surface area contributed by atoms with Gasteiger partial charge in [-0.3, -0.25) is 0 Å². The van der Waals surface area contributed by atoms with Crippen LogP contribution >= 0.6 is 22.9 Å². The van der Waals surface area contributed by atoms with Crippen LogP contribution in [0.15, 0.2) is 18.2 Å². The topological polar surface area (TPSA) is 23.8 Å². The Morgan fingerprint density at radius 1 is 1.46 bits per heavy atom. The highest BCUT2D eigenvalue weighted by atomic mass is 35.5.